The molecule has 4 amide bonds. The van der Waals surface area contributed by atoms with E-state index in [9.17, 15) is 19.2 Å². The van der Waals surface area contributed by atoms with Crippen molar-refractivity contribution in [3.8, 4) is 11.5 Å². The van der Waals surface area contributed by atoms with Gasteiger partial charge in [0.05, 0.1) is 24.5 Å². The zero-order valence-electron chi connectivity index (χ0n) is 23.1. The van der Waals surface area contributed by atoms with E-state index >= 15 is 0 Å². The number of ether oxygens (including phenoxy) is 3. The molecule has 212 valence electrons. The first-order valence-electron chi connectivity index (χ1n) is 13.4. The summed E-state index contributed by atoms with van der Waals surface area (Å²) in [4.78, 5) is 51.5. The third-order valence-electron chi connectivity index (χ3n) is 6.58. The summed E-state index contributed by atoms with van der Waals surface area (Å²) in [6.45, 7) is 4.43. The summed E-state index contributed by atoms with van der Waals surface area (Å²) >= 11 is 0. The Morgan fingerprint density at radius 2 is 1.60 bits per heavy atom. The third-order valence-corrected chi connectivity index (χ3v) is 6.58. The molecular formula is C33H28N2O7. The Hall–Kier alpha value is -5.44. The molecule has 5 rings (SSSR count). The topological polar surface area (TPSA) is 111 Å². The van der Waals surface area contributed by atoms with Crippen LogP contribution in [-0.2, 0) is 20.9 Å². The lowest BCUT2D eigenvalue weighted by Gasteiger charge is -2.26. The van der Waals surface area contributed by atoms with E-state index < -0.39 is 23.8 Å². The van der Waals surface area contributed by atoms with Crippen molar-refractivity contribution in [2.75, 3.05) is 18.1 Å². The summed E-state index contributed by atoms with van der Waals surface area (Å²) < 4.78 is 16.9. The lowest BCUT2D eigenvalue weighted by atomic mass is 10.1. The van der Waals surface area contributed by atoms with Gasteiger partial charge in [-0.15, -0.1) is 0 Å². The van der Waals surface area contributed by atoms with Crippen molar-refractivity contribution < 1.29 is 33.4 Å². The molecule has 0 aliphatic carbocycles. The molecule has 0 spiro atoms. The number of hydrogen-bond donors (Lipinski definition) is 1. The Morgan fingerprint density at radius 3 is 2.36 bits per heavy atom. The first-order valence-corrected chi connectivity index (χ1v) is 13.4. The maximum absolute atomic E-state index is 13.3. The second-order valence-electron chi connectivity index (χ2n) is 9.29. The van der Waals surface area contributed by atoms with Gasteiger partial charge in [-0.25, -0.2) is 14.5 Å². The van der Waals surface area contributed by atoms with Gasteiger partial charge in [-0.3, -0.25) is 14.9 Å². The number of nitrogens with zero attached hydrogens (tertiary/aromatic N) is 1. The molecule has 1 heterocycles. The molecule has 0 bridgehead atoms. The summed E-state index contributed by atoms with van der Waals surface area (Å²) in [5.41, 5.74) is 1.74. The van der Waals surface area contributed by atoms with E-state index in [1.807, 2.05) is 49.4 Å². The van der Waals surface area contributed by atoms with Gasteiger partial charge in [0, 0.05) is 0 Å². The van der Waals surface area contributed by atoms with Gasteiger partial charge >= 0.3 is 12.0 Å². The number of anilines is 1. The Bertz CT molecular complexity index is 1700. The second kappa shape index (κ2) is 12.4. The van der Waals surface area contributed by atoms with Crippen LogP contribution in [0.25, 0.3) is 16.8 Å². The zero-order valence-corrected chi connectivity index (χ0v) is 23.1. The Kier molecular flexibility index (Phi) is 8.29. The lowest BCUT2D eigenvalue weighted by Crippen LogP contribution is -2.54. The predicted molar refractivity (Wildman–Crippen MR) is 157 cm³/mol. The average molecular weight is 565 g/mol. The molecule has 0 unspecified atom stereocenters. The lowest BCUT2D eigenvalue weighted by molar-refractivity contribution is -0.122. The number of benzene rings is 4. The number of barbiturate groups is 1. The summed E-state index contributed by atoms with van der Waals surface area (Å²) in [6, 6.07) is 24.0. The minimum atomic E-state index is -0.891. The van der Waals surface area contributed by atoms with Gasteiger partial charge in [-0.05, 0) is 78.2 Å². The van der Waals surface area contributed by atoms with Gasteiger partial charge in [0.1, 0.15) is 12.2 Å². The van der Waals surface area contributed by atoms with Crippen LogP contribution in [0.2, 0.25) is 0 Å². The smallest absolute Gasteiger partial charge is 0.338 e. The van der Waals surface area contributed by atoms with E-state index in [1.54, 1.807) is 25.1 Å². The fourth-order valence-electron chi connectivity index (χ4n) is 4.60. The summed E-state index contributed by atoms with van der Waals surface area (Å²) in [5, 5.41) is 4.41. The molecule has 0 radical (unpaired) electrons. The van der Waals surface area contributed by atoms with Crippen LogP contribution in [0.3, 0.4) is 0 Å². The van der Waals surface area contributed by atoms with Crippen molar-refractivity contribution in [1.82, 2.24) is 5.32 Å². The van der Waals surface area contributed by atoms with Crippen LogP contribution in [0.5, 0.6) is 11.5 Å². The molecule has 1 N–H and O–H groups in total. The molecule has 4 aromatic rings. The predicted octanol–water partition coefficient (Wildman–Crippen LogP) is 5.66. The number of nitrogens with one attached hydrogen (secondary N) is 1. The Labute approximate surface area is 242 Å². The summed E-state index contributed by atoms with van der Waals surface area (Å²) in [6.07, 6.45) is 1.39. The van der Waals surface area contributed by atoms with E-state index in [1.165, 1.54) is 30.3 Å². The van der Waals surface area contributed by atoms with E-state index in [0.29, 0.717) is 30.3 Å². The quantitative estimate of drug-likeness (QED) is 0.159. The van der Waals surface area contributed by atoms with Crippen molar-refractivity contribution in [2.24, 2.45) is 0 Å². The number of fused-ring (bicyclic) bond motifs is 1. The van der Waals surface area contributed by atoms with Gasteiger partial charge in [0.25, 0.3) is 11.8 Å². The first kappa shape index (κ1) is 28.1. The van der Waals surface area contributed by atoms with Crippen molar-refractivity contribution >= 4 is 46.4 Å². The van der Waals surface area contributed by atoms with Crippen LogP contribution in [0.4, 0.5) is 10.5 Å². The van der Waals surface area contributed by atoms with Crippen molar-refractivity contribution in [2.45, 2.75) is 20.5 Å². The van der Waals surface area contributed by atoms with E-state index in [-0.39, 0.29) is 23.4 Å². The van der Waals surface area contributed by atoms with E-state index in [0.717, 1.165) is 21.2 Å². The maximum Gasteiger partial charge on any atom is 0.338 e. The van der Waals surface area contributed by atoms with Crippen LogP contribution >= 0.6 is 0 Å². The average Bonchev–Trinajstić information content (AvgIpc) is 2.99. The fourth-order valence-corrected chi connectivity index (χ4v) is 4.60. The molecule has 1 fully saturated rings. The third kappa shape index (κ3) is 5.85. The molecule has 0 aromatic heterocycles. The van der Waals surface area contributed by atoms with Crippen LogP contribution in [0.15, 0.2) is 90.5 Å². The number of carbonyl (C=O) groups excluding carboxylic acids is 4. The van der Waals surface area contributed by atoms with Gasteiger partial charge in [-0.2, -0.15) is 0 Å². The molecule has 1 aliphatic heterocycles. The monoisotopic (exact) mass is 564 g/mol. The van der Waals surface area contributed by atoms with Gasteiger partial charge in [0.15, 0.2) is 11.5 Å². The summed E-state index contributed by atoms with van der Waals surface area (Å²) in [7, 11) is 0. The first-order chi connectivity index (χ1) is 20.4. The number of carbonyl (C=O) groups is 4. The minimum absolute atomic E-state index is 0.191. The van der Waals surface area contributed by atoms with Gasteiger partial charge in [-0.1, -0.05) is 48.5 Å². The van der Waals surface area contributed by atoms with Crippen LogP contribution in [-0.4, -0.2) is 37.0 Å². The molecule has 1 aliphatic rings. The molecule has 42 heavy (non-hydrogen) atoms. The number of hydrogen-bond acceptors (Lipinski definition) is 7. The highest BCUT2D eigenvalue weighted by atomic mass is 16.5. The van der Waals surface area contributed by atoms with E-state index in [4.69, 9.17) is 14.2 Å². The molecule has 0 atom stereocenters. The molecular weight excluding hydrogens is 536 g/mol. The highest BCUT2D eigenvalue weighted by molar-refractivity contribution is 6.39. The van der Waals surface area contributed by atoms with E-state index in [2.05, 4.69) is 5.32 Å². The number of imide groups is 2. The summed E-state index contributed by atoms with van der Waals surface area (Å²) in [5.74, 6) is -1.20. The van der Waals surface area contributed by atoms with Crippen molar-refractivity contribution in [3.05, 3.63) is 107 Å². The number of rotatable bonds is 9. The largest absolute Gasteiger partial charge is 0.490 e. The minimum Gasteiger partial charge on any atom is -0.490 e. The molecule has 9 nitrogen and oxygen atoms in total. The van der Waals surface area contributed by atoms with Crippen LogP contribution < -0.4 is 19.7 Å². The van der Waals surface area contributed by atoms with Crippen molar-refractivity contribution in [3.63, 3.8) is 0 Å². The fraction of sp³-hybridized carbons (Fsp3) is 0.152. The van der Waals surface area contributed by atoms with Crippen LogP contribution in [0.1, 0.15) is 35.3 Å². The molecule has 0 saturated carbocycles. The number of esters is 1. The molecule has 1 saturated heterocycles. The SMILES string of the molecule is CCOC(=O)c1ccc(N2C(=O)NC(=O)/C(=C\c3ccc(OCc4cccc5ccccc45)c(OCC)c3)C2=O)cc1. The highest BCUT2D eigenvalue weighted by Crippen LogP contribution is 2.32. The standard InChI is InChI=1S/C33H28N2O7/c1-3-40-29-19-21(12-17-28(29)42-20-24-10-7-9-22-8-5-6-11-26(22)24)18-27-30(36)34-33(39)35(31(27)37)25-15-13-23(14-16-25)32(38)41-4-2/h5-19H,3-4,20H2,1-2H3,(H,34,36,39)/b27-18+. The zero-order chi connectivity index (χ0) is 29.6. The Morgan fingerprint density at radius 1 is 0.833 bits per heavy atom. The number of urea groups is 1. The van der Waals surface area contributed by atoms with Crippen LogP contribution in [0, 0.1) is 0 Å². The highest BCUT2D eigenvalue weighted by Gasteiger charge is 2.37. The number of amides is 4. The molecule has 9 heteroatoms. The Balaban J connectivity index is 1.39. The van der Waals surface area contributed by atoms with Gasteiger partial charge in [0.2, 0.25) is 0 Å². The van der Waals surface area contributed by atoms with Gasteiger partial charge < -0.3 is 14.2 Å². The molecule has 4 aromatic carbocycles. The second-order valence-corrected chi connectivity index (χ2v) is 9.29. The maximum atomic E-state index is 13.3. The normalized spacial score (nSPS) is 14.2. The van der Waals surface area contributed by atoms with Crippen molar-refractivity contribution in [1.29, 1.82) is 0 Å².